The van der Waals surface area contributed by atoms with E-state index in [0.29, 0.717) is 5.75 Å². The maximum atomic E-state index is 10.9. The van der Waals surface area contributed by atoms with Crippen LogP contribution in [0.5, 0.6) is 5.75 Å². The average molecular weight is 264 g/mol. The number of rotatable bonds is 2. The van der Waals surface area contributed by atoms with Gasteiger partial charge in [0.1, 0.15) is 5.75 Å². The number of hydrogen-bond donors (Lipinski definition) is 1. The molecule has 0 spiro atoms. The molecule has 0 saturated carbocycles. The highest BCUT2D eigenvalue weighted by atomic mass is 32.2. The number of fused-ring (bicyclic) bond motifs is 1. The van der Waals surface area contributed by atoms with E-state index in [1.54, 1.807) is 6.07 Å². The molecule has 96 valence electrons. The van der Waals surface area contributed by atoms with Crippen molar-refractivity contribution in [3.63, 3.8) is 0 Å². The molecule has 0 bridgehead atoms. The summed E-state index contributed by atoms with van der Waals surface area (Å²) < 4.78 is 24.8. The molecule has 1 atom stereocenters. The van der Waals surface area contributed by atoms with Crippen LogP contribution >= 0.6 is 0 Å². The van der Waals surface area contributed by atoms with Crippen molar-refractivity contribution in [1.29, 1.82) is 0 Å². The normalized spacial score (nSPS) is 13.6. The van der Waals surface area contributed by atoms with Gasteiger partial charge in [0.25, 0.3) is 0 Å². The van der Waals surface area contributed by atoms with E-state index in [9.17, 15) is 4.21 Å². The smallest absolute Gasteiger partial charge is 0.357 e. The van der Waals surface area contributed by atoms with Crippen molar-refractivity contribution < 1.29 is 12.9 Å². The van der Waals surface area contributed by atoms with Gasteiger partial charge in [0, 0.05) is 5.56 Å². The molecule has 1 N–H and O–H groups in total. The first kappa shape index (κ1) is 13.1. The van der Waals surface area contributed by atoms with Crippen molar-refractivity contribution in [3.8, 4) is 5.75 Å². The van der Waals surface area contributed by atoms with E-state index in [1.807, 2.05) is 30.3 Å². The minimum absolute atomic E-state index is 0.171. The monoisotopic (exact) mass is 264 g/mol. The Hall–Kier alpha value is -1.39. The topological polar surface area (TPSA) is 46.5 Å². The lowest BCUT2D eigenvalue weighted by Gasteiger charge is -2.23. The van der Waals surface area contributed by atoms with Crippen molar-refractivity contribution in [3.05, 3.63) is 42.0 Å². The standard InChI is InChI=1S/C14H16O3S/c1-14(2,3)13-11-7-5-4-6-10(11)8-9-12(13)17-18(15)16/h4-9H,1-3H3,(H,15,16). The Morgan fingerprint density at radius 2 is 1.78 bits per heavy atom. The van der Waals surface area contributed by atoms with Crippen molar-refractivity contribution in [2.24, 2.45) is 0 Å². The van der Waals surface area contributed by atoms with Gasteiger partial charge in [-0.3, -0.25) is 4.55 Å². The predicted molar refractivity (Wildman–Crippen MR) is 74.0 cm³/mol. The van der Waals surface area contributed by atoms with Crippen LogP contribution in [0.25, 0.3) is 10.8 Å². The fourth-order valence-electron chi connectivity index (χ4n) is 2.17. The van der Waals surface area contributed by atoms with Crippen LogP contribution in [0.1, 0.15) is 26.3 Å². The van der Waals surface area contributed by atoms with Crippen molar-refractivity contribution in [1.82, 2.24) is 0 Å². The first-order valence-electron chi connectivity index (χ1n) is 5.71. The SMILES string of the molecule is CC(C)(C)c1c(OS(=O)O)ccc2ccccc12. The molecular formula is C14H16O3S. The fourth-order valence-corrected chi connectivity index (χ4v) is 2.46. The van der Waals surface area contributed by atoms with Gasteiger partial charge in [0.2, 0.25) is 0 Å². The third-order valence-electron chi connectivity index (χ3n) is 2.80. The Kier molecular flexibility index (Phi) is 3.41. The zero-order chi connectivity index (χ0) is 13.3. The van der Waals surface area contributed by atoms with Gasteiger partial charge in [-0.2, -0.15) is 4.21 Å². The second-order valence-corrected chi connectivity index (χ2v) is 5.81. The van der Waals surface area contributed by atoms with Crippen LogP contribution in [0.15, 0.2) is 36.4 Å². The predicted octanol–water partition coefficient (Wildman–Crippen LogP) is 3.65. The molecule has 18 heavy (non-hydrogen) atoms. The first-order chi connectivity index (χ1) is 8.39. The molecule has 0 amide bonds. The van der Waals surface area contributed by atoms with Crippen LogP contribution in [-0.4, -0.2) is 8.76 Å². The summed E-state index contributed by atoms with van der Waals surface area (Å²) in [5.41, 5.74) is 0.776. The quantitative estimate of drug-likeness (QED) is 0.842. The van der Waals surface area contributed by atoms with Gasteiger partial charge in [-0.05, 0) is 22.3 Å². The van der Waals surface area contributed by atoms with Gasteiger partial charge in [-0.25, -0.2) is 0 Å². The Labute approximate surface area is 109 Å². The summed E-state index contributed by atoms with van der Waals surface area (Å²) in [6.07, 6.45) is 0. The summed E-state index contributed by atoms with van der Waals surface area (Å²) in [6, 6.07) is 11.6. The van der Waals surface area contributed by atoms with Crippen molar-refractivity contribution in [2.45, 2.75) is 26.2 Å². The van der Waals surface area contributed by atoms with Gasteiger partial charge in [-0.1, -0.05) is 51.1 Å². The van der Waals surface area contributed by atoms with E-state index in [0.717, 1.165) is 16.3 Å². The molecule has 0 fully saturated rings. The van der Waals surface area contributed by atoms with Crippen molar-refractivity contribution in [2.75, 3.05) is 0 Å². The number of benzene rings is 2. The van der Waals surface area contributed by atoms with E-state index in [-0.39, 0.29) is 5.41 Å². The van der Waals surface area contributed by atoms with E-state index >= 15 is 0 Å². The van der Waals surface area contributed by atoms with E-state index in [1.165, 1.54) is 0 Å². The van der Waals surface area contributed by atoms with Crippen LogP contribution in [0.4, 0.5) is 0 Å². The highest BCUT2D eigenvalue weighted by Gasteiger charge is 2.22. The maximum absolute atomic E-state index is 10.9. The molecule has 0 aromatic heterocycles. The first-order valence-corrected chi connectivity index (χ1v) is 6.74. The Bertz CT molecular complexity index is 600. The summed E-state index contributed by atoms with van der Waals surface area (Å²) in [4.78, 5) is 0. The summed E-state index contributed by atoms with van der Waals surface area (Å²) in [5.74, 6) is 0.460. The average Bonchev–Trinajstić information content (AvgIpc) is 2.26. The minimum Gasteiger partial charge on any atom is -0.380 e. The fraction of sp³-hybridized carbons (Fsp3) is 0.286. The second kappa shape index (κ2) is 4.71. The molecule has 3 nitrogen and oxygen atoms in total. The van der Waals surface area contributed by atoms with Crippen LogP contribution in [0.3, 0.4) is 0 Å². The molecular weight excluding hydrogens is 248 g/mol. The number of hydrogen-bond acceptors (Lipinski definition) is 2. The minimum atomic E-state index is -2.30. The summed E-state index contributed by atoms with van der Waals surface area (Å²) in [5, 5.41) is 2.14. The molecule has 1 unspecified atom stereocenters. The lowest BCUT2D eigenvalue weighted by atomic mass is 9.83. The summed E-state index contributed by atoms with van der Waals surface area (Å²) >= 11 is -2.30. The molecule has 4 heteroatoms. The van der Waals surface area contributed by atoms with E-state index < -0.39 is 11.4 Å². The zero-order valence-corrected chi connectivity index (χ0v) is 11.5. The molecule has 0 radical (unpaired) electrons. The van der Waals surface area contributed by atoms with Crippen LogP contribution in [-0.2, 0) is 16.8 Å². The lowest BCUT2D eigenvalue weighted by molar-refractivity contribution is 0.448. The van der Waals surface area contributed by atoms with Gasteiger partial charge in [-0.15, -0.1) is 0 Å². The highest BCUT2D eigenvalue weighted by molar-refractivity contribution is 7.74. The third-order valence-corrected chi connectivity index (χ3v) is 3.12. The lowest BCUT2D eigenvalue weighted by Crippen LogP contribution is -2.14. The van der Waals surface area contributed by atoms with Gasteiger partial charge >= 0.3 is 11.4 Å². The molecule has 2 aromatic carbocycles. The second-order valence-electron chi connectivity index (χ2n) is 5.21. The molecule has 0 aliphatic carbocycles. The van der Waals surface area contributed by atoms with Gasteiger partial charge in [0.05, 0.1) is 0 Å². The van der Waals surface area contributed by atoms with Gasteiger partial charge < -0.3 is 4.18 Å². The Balaban J connectivity index is 2.75. The molecule has 0 aliphatic rings. The molecule has 2 rings (SSSR count). The zero-order valence-electron chi connectivity index (χ0n) is 10.6. The maximum Gasteiger partial charge on any atom is 0.357 e. The molecule has 0 heterocycles. The molecule has 0 saturated heterocycles. The van der Waals surface area contributed by atoms with E-state index in [2.05, 4.69) is 20.8 Å². The van der Waals surface area contributed by atoms with Crippen LogP contribution in [0, 0.1) is 0 Å². The van der Waals surface area contributed by atoms with Gasteiger partial charge in [0.15, 0.2) is 0 Å². The molecule has 2 aromatic rings. The van der Waals surface area contributed by atoms with Crippen molar-refractivity contribution >= 4 is 22.1 Å². The summed E-state index contributed by atoms with van der Waals surface area (Å²) in [7, 11) is 0. The van der Waals surface area contributed by atoms with Crippen LogP contribution in [0.2, 0.25) is 0 Å². The van der Waals surface area contributed by atoms with Crippen LogP contribution < -0.4 is 4.18 Å². The largest absolute Gasteiger partial charge is 0.380 e. The summed E-state index contributed by atoms with van der Waals surface area (Å²) in [6.45, 7) is 6.17. The third kappa shape index (κ3) is 2.54. The Morgan fingerprint density at radius 3 is 2.39 bits per heavy atom. The molecule has 0 aliphatic heterocycles. The van der Waals surface area contributed by atoms with E-state index in [4.69, 9.17) is 8.74 Å². The Morgan fingerprint density at radius 1 is 1.11 bits per heavy atom. The highest BCUT2D eigenvalue weighted by Crippen LogP contribution is 2.37.